The van der Waals surface area contributed by atoms with Gasteiger partial charge < -0.3 is 5.32 Å². The molecule has 0 spiro atoms. The molecule has 0 aromatic carbocycles. The third-order valence-electron chi connectivity index (χ3n) is 3.50. The Morgan fingerprint density at radius 2 is 2.07 bits per heavy atom. The van der Waals surface area contributed by atoms with Crippen LogP contribution in [-0.2, 0) is 0 Å². The van der Waals surface area contributed by atoms with Crippen molar-refractivity contribution in [3.63, 3.8) is 0 Å². The van der Waals surface area contributed by atoms with E-state index in [0.717, 1.165) is 6.04 Å². The smallest absolute Gasteiger partial charge is 0.0110 e. The van der Waals surface area contributed by atoms with Crippen LogP contribution in [0.2, 0.25) is 0 Å². The summed E-state index contributed by atoms with van der Waals surface area (Å²) in [5.74, 6) is 0. The summed E-state index contributed by atoms with van der Waals surface area (Å²) < 4.78 is 0. The van der Waals surface area contributed by atoms with E-state index in [0.29, 0.717) is 0 Å². The molecule has 1 saturated heterocycles. The maximum Gasteiger partial charge on any atom is 0.0110 e. The summed E-state index contributed by atoms with van der Waals surface area (Å²) in [5.41, 5.74) is 0. The van der Waals surface area contributed by atoms with Gasteiger partial charge in [-0.15, -0.1) is 0 Å². The predicted molar refractivity (Wildman–Crippen MR) is 67.3 cm³/mol. The van der Waals surface area contributed by atoms with Gasteiger partial charge in [0.1, 0.15) is 0 Å². The third-order valence-corrected chi connectivity index (χ3v) is 3.50. The molecule has 1 aliphatic heterocycles. The molecule has 0 aliphatic carbocycles. The predicted octanol–water partition coefficient (Wildman–Crippen LogP) is 2.64. The molecule has 1 unspecified atom stereocenters. The van der Waals surface area contributed by atoms with E-state index in [1.165, 1.54) is 64.7 Å². The first-order valence-corrected chi connectivity index (χ1v) is 6.83. The van der Waals surface area contributed by atoms with E-state index in [1.807, 2.05) is 0 Å². The van der Waals surface area contributed by atoms with Crippen molar-refractivity contribution >= 4 is 0 Å². The van der Waals surface area contributed by atoms with E-state index >= 15 is 0 Å². The largest absolute Gasteiger partial charge is 0.315 e. The van der Waals surface area contributed by atoms with Crippen LogP contribution in [0.15, 0.2) is 0 Å². The van der Waals surface area contributed by atoms with E-state index in [9.17, 15) is 0 Å². The van der Waals surface area contributed by atoms with Gasteiger partial charge in [-0.3, -0.25) is 4.90 Å². The van der Waals surface area contributed by atoms with Crippen LogP contribution in [0.3, 0.4) is 0 Å². The van der Waals surface area contributed by atoms with E-state index in [4.69, 9.17) is 0 Å². The van der Waals surface area contributed by atoms with Gasteiger partial charge >= 0.3 is 0 Å². The van der Waals surface area contributed by atoms with Crippen molar-refractivity contribution < 1.29 is 0 Å². The Labute approximate surface area is 95.4 Å². The van der Waals surface area contributed by atoms with Crippen LogP contribution in [0, 0.1) is 0 Å². The first kappa shape index (κ1) is 13.0. The molecule has 0 bridgehead atoms. The van der Waals surface area contributed by atoms with Crippen molar-refractivity contribution in [1.82, 2.24) is 10.2 Å². The summed E-state index contributed by atoms with van der Waals surface area (Å²) in [7, 11) is 0. The summed E-state index contributed by atoms with van der Waals surface area (Å²) in [6.45, 7) is 9.55. The minimum absolute atomic E-state index is 0.877. The minimum atomic E-state index is 0.877. The van der Waals surface area contributed by atoms with E-state index in [1.54, 1.807) is 0 Å². The summed E-state index contributed by atoms with van der Waals surface area (Å²) in [4.78, 5) is 2.66. The molecule has 1 fully saturated rings. The quantitative estimate of drug-likeness (QED) is 0.622. The van der Waals surface area contributed by atoms with E-state index < -0.39 is 0 Å². The molecular weight excluding hydrogens is 184 g/mol. The topological polar surface area (TPSA) is 15.3 Å². The van der Waals surface area contributed by atoms with Crippen LogP contribution in [-0.4, -0.2) is 37.1 Å². The molecule has 1 N–H and O–H groups in total. The van der Waals surface area contributed by atoms with Gasteiger partial charge in [-0.2, -0.15) is 0 Å². The molecule has 0 radical (unpaired) electrons. The zero-order valence-electron chi connectivity index (χ0n) is 10.6. The number of hydrogen-bond donors (Lipinski definition) is 1. The maximum absolute atomic E-state index is 3.55. The fraction of sp³-hybridized carbons (Fsp3) is 1.00. The number of hydrogen-bond acceptors (Lipinski definition) is 2. The molecule has 90 valence electrons. The first-order chi connectivity index (χ1) is 7.38. The number of nitrogens with one attached hydrogen (secondary N) is 1. The second kappa shape index (κ2) is 8.12. The molecule has 0 aromatic rings. The Balaban J connectivity index is 1.95. The van der Waals surface area contributed by atoms with Crippen LogP contribution in [0.5, 0.6) is 0 Å². The van der Waals surface area contributed by atoms with Gasteiger partial charge in [-0.05, 0) is 38.8 Å². The Kier molecular flexibility index (Phi) is 7.03. The number of unbranched alkanes of at least 4 members (excludes halogenated alkanes) is 2. The van der Waals surface area contributed by atoms with Gasteiger partial charge in [-0.1, -0.05) is 26.7 Å². The molecule has 1 aliphatic rings. The van der Waals surface area contributed by atoms with E-state index in [2.05, 4.69) is 24.1 Å². The fourth-order valence-electron chi connectivity index (χ4n) is 2.50. The number of likely N-dealkylation sites (tertiary alicyclic amines) is 1. The SMILES string of the molecule is CCCCCNCCN1CCCC1CC. The van der Waals surface area contributed by atoms with Gasteiger partial charge in [-0.25, -0.2) is 0 Å². The Morgan fingerprint density at radius 3 is 2.80 bits per heavy atom. The van der Waals surface area contributed by atoms with Gasteiger partial charge in [0.05, 0.1) is 0 Å². The zero-order valence-corrected chi connectivity index (χ0v) is 10.6. The van der Waals surface area contributed by atoms with Gasteiger partial charge in [0.2, 0.25) is 0 Å². The molecule has 0 aromatic heterocycles. The molecular formula is C13H28N2. The fourth-order valence-corrected chi connectivity index (χ4v) is 2.50. The Bertz CT molecular complexity index is 147. The maximum atomic E-state index is 3.55. The summed E-state index contributed by atoms with van der Waals surface area (Å²) in [6, 6.07) is 0.877. The van der Waals surface area contributed by atoms with Crippen LogP contribution in [0.25, 0.3) is 0 Å². The van der Waals surface area contributed by atoms with E-state index in [-0.39, 0.29) is 0 Å². The van der Waals surface area contributed by atoms with Crippen LogP contribution < -0.4 is 5.32 Å². The lowest BCUT2D eigenvalue weighted by Gasteiger charge is -2.23. The highest BCUT2D eigenvalue weighted by molar-refractivity contribution is 4.78. The Morgan fingerprint density at radius 1 is 1.20 bits per heavy atom. The van der Waals surface area contributed by atoms with Crippen molar-refractivity contribution in [2.45, 2.75) is 58.4 Å². The molecule has 1 heterocycles. The lowest BCUT2D eigenvalue weighted by molar-refractivity contribution is 0.248. The summed E-state index contributed by atoms with van der Waals surface area (Å²) >= 11 is 0. The van der Waals surface area contributed by atoms with Crippen molar-refractivity contribution in [1.29, 1.82) is 0 Å². The van der Waals surface area contributed by atoms with Crippen molar-refractivity contribution in [2.24, 2.45) is 0 Å². The molecule has 1 atom stereocenters. The molecule has 15 heavy (non-hydrogen) atoms. The lowest BCUT2D eigenvalue weighted by Crippen LogP contribution is -2.35. The second-order valence-electron chi connectivity index (χ2n) is 4.70. The zero-order chi connectivity index (χ0) is 10.9. The van der Waals surface area contributed by atoms with Crippen molar-refractivity contribution in [2.75, 3.05) is 26.2 Å². The number of nitrogens with zero attached hydrogens (tertiary/aromatic N) is 1. The molecule has 2 nitrogen and oxygen atoms in total. The first-order valence-electron chi connectivity index (χ1n) is 6.83. The average molecular weight is 212 g/mol. The monoisotopic (exact) mass is 212 g/mol. The molecule has 0 amide bonds. The van der Waals surface area contributed by atoms with Crippen LogP contribution >= 0.6 is 0 Å². The van der Waals surface area contributed by atoms with Crippen LogP contribution in [0.1, 0.15) is 52.4 Å². The van der Waals surface area contributed by atoms with Crippen LogP contribution in [0.4, 0.5) is 0 Å². The third kappa shape index (κ3) is 4.98. The Hall–Kier alpha value is -0.0800. The number of rotatable bonds is 8. The highest BCUT2D eigenvalue weighted by Gasteiger charge is 2.21. The average Bonchev–Trinajstić information content (AvgIpc) is 2.70. The van der Waals surface area contributed by atoms with Crippen molar-refractivity contribution in [3.05, 3.63) is 0 Å². The highest BCUT2D eigenvalue weighted by Crippen LogP contribution is 2.18. The van der Waals surface area contributed by atoms with Gasteiger partial charge in [0, 0.05) is 19.1 Å². The standard InChI is InChI=1S/C13H28N2/c1-3-5-6-9-14-10-12-15-11-7-8-13(15)4-2/h13-14H,3-12H2,1-2H3. The molecule has 2 heteroatoms. The second-order valence-corrected chi connectivity index (χ2v) is 4.70. The minimum Gasteiger partial charge on any atom is -0.315 e. The molecule has 1 rings (SSSR count). The van der Waals surface area contributed by atoms with Crippen molar-refractivity contribution in [3.8, 4) is 0 Å². The summed E-state index contributed by atoms with van der Waals surface area (Å²) in [6.07, 6.45) is 8.20. The lowest BCUT2D eigenvalue weighted by atomic mass is 10.2. The highest BCUT2D eigenvalue weighted by atomic mass is 15.2. The summed E-state index contributed by atoms with van der Waals surface area (Å²) in [5, 5.41) is 3.55. The van der Waals surface area contributed by atoms with Gasteiger partial charge in [0.25, 0.3) is 0 Å². The normalized spacial score (nSPS) is 22.4. The van der Waals surface area contributed by atoms with Gasteiger partial charge in [0.15, 0.2) is 0 Å². The molecule has 0 saturated carbocycles.